The van der Waals surface area contributed by atoms with Gasteiger partial charge in [-0.2, -0.15) is 0 Å². The van der Waals surface area contributed by atoms with Gasteiger partial charge in [0.2, 0.25) is 6.79 Å². The van der Waals surface area contributed by atoms with Crippen LogP contribution in [0.5, 0.6) is 11.5 Å². The molecule has 0 atom stereocenters. The predicted octanol–water partition coefficient (Wildman–Crippen LogP) is 3.28. The molecular weight excluding hydrogens is 216 g/mol. The van der Waals surface area contributed by atoms with Crippen molar-refractivity contribution in [2.24, 2.45) is 0 Å². The van der Waals surface area contributed by atoms with Crippen molar-refractivity contribution in [3.8, 4) is 11.5 Å². The standard InChI is InChI=1S/C13H16O2.CH2O/c1-2-4-10(5-3-1)11-6-7-12-13(8-11)15-9-14-12;1-2/h6-8,10H,1-5,9H2;1H2. The van der Waals surface area contributed by atoms with Gasteiger partial charge in [0.05, 0.1) is 0 Å². The third kappa shape index (κ3) is 2.60. The fraction of sp³-hybridized carbons (Fsp3) is 0.500. The van der Waals surface area contributed by atoms with E-state index in [2.05, 4.69) is 12.1 Å². The maximum absolute atomic E-state index is 8.00. The molecule has 1 aromatic carbocycles. The largest absolute Gasteiger partial charge is 0.454 e. The zero-order chi connectivity index (χ0) is 12.1. The van der Waals surface area contributed by atoms with Crippen molar-refractivity contribution in [1.29, 1.82) is 0 Å². The maximum atomic E-state index is 8.00. The Morgan fingerprint density at radius 3 is 2.47 bits per heavy atom. The highest BCUT2D eigenvalue weighted by atomic mass is 16.7. The van der Waals surface area contributed by atoms with Crippen LogP contribution < -0.4 is 9.47 Å². The molecular formula is C14H18O3. The minimum Gasteiger partial charge on any atom is -0.454 e. The van der Waals surface area contributed by atoms with E-state index >= 15 is 0 Å². The van der Waals surface area contributed by atoms with E-state index < -0.39 is 0 Å². The van der Waals surface area contributed by atoms with Crippen LogP contribution in [0.1, 0.15) is 43.6 Å². The van der Waals surface area contributed by atoms with Gasteiger partial charge in [0.25, 0.3) is 0 Å². The first-order chi connectivity index (χ1) is 8.43. The van der Waals surface area contributed by atoms with Gasteiger partial charge in [-0.15, -0.1) is 0 Å². The number of hydrogen-bond acceptors (Lipinski definition) is 3. The molecule has 0 radical (unpaired) electrons. The lowest BCUT2D eigenvalue weighted by Crippen LogP contribution is -2.04. The highest BCUT2D eigenvalue weighted by Crippen LogP contribution is 2.38. The van der Waals surface area contributed by atoms with E-state index in [9.17, 15) is 0 Å². The van der Waals surface area contributed by atoms with E-state index in [1.165, 1.54) is 37.7 Å². The molecule has 0 N–H and O–H groups in total. The summed E-state index contributed by atoms with van der Waals surface area (Å²) < 4.78 is 10.7. The van der Waals surface area contributed by atoms with E-state index in [1.807, 2.05) is 12.9 Å². The van der Waals surface area contributed by atoms with Crippen molar-refractivity contribution in [3.63, 3.8) is 0 Å². The van der Waals surface area contributed by atoms with Gasteiger partial charge in [-0.05, 0) is 36.5 Å². The molecule has 0 spiro atoms. The number of hydrogen-bond donors (Lipinski definition) is 0. The zero-order valence-electron chi connectivity index (χ0n) is 9.98. The Hall–Kier alpha value is -1.51. The molecule has 17 heavy (non-hydrogen) atoms. The molecule has 2 aliphatic rings. The minimum absolute atomic E-state index is 0.378. The topological polar surface area (TPSA) is 35.5 Å². The van der Waals surface area contributed by atoms with Crippen molar-refractivity contribution < 1.29 is 14.3 Å². The van der Waals surface area contributed by atoms with Gasteiger partial charge >= 0.3 is 0 Å². The van der Waals surface area contributed by atoms with Crippen molar-refractivity contribution in [2.45, 2.75) is 38.0 Å². The summed E-state index contributed by atoms with van der Waals surface area (Å²) in [5.41, 5.74) is 1.43. The first-order valence-corrected chi connectivity index (χ1v) is 6.12. The average Bonchev–Trinajstić information content (AvgIpc) is 2.89. The van der Waals surface area contributed by atoms with Crippen LogP contribution in [0.3, 0.4) is 0 Å². The number of carbonyl (C=O) groups is 1. The van der Waals surface area contributed by atoms with Gasteiger partial charge in [-0.3, -0.25) is 0 Å². The number of benzene rings is 1. The molecule has 1 aliphatic heterocycles. The molecule has 3 nitrogen and oxygen atoms in total. The molecule has 92 valence electrons. The molecule has 1 aliphatic carbocycles. The van der Waals surface area contributed by atoms with Crippen LogP contribution >= 0.6 is 0 Å². The Morgan fingerprint density at radius 1 is 1.00 bits per heavy atom. The van der Waals surface area contributed by atoms with E-state index in [0.717, 1.165) is 17.4 Å². The maximum Gasteiger partial charge on any atom is 0.231 e. The van der Waals surface area contributed by atoms with Gasteiger partial charge < -0.3 is 14.3 Å². The second kappa shape index (κ2) is 5.71. The summed E-state index contributed by atoms with van der Waals surface area (Å²) in [6, 6.07) is 6.41. The van der Waals surface area contributed by atoms with Crippen LogP contribution in [0.25, 0.3) is 0 Å². The van der Waals surface area contributed by atoms with Gasteiger partial charge in [0.1, 0.15) is 6.79 Å². The van der Waals surface area contributed by atoms with Crippen molar-refractivity contribution >= 4 is 6.79 Å². The molecule has 0 amide bonds. The molecule has 3 heteroatoms. The summed E-state index contributed by atoms with van der Waals surface area (Å²) in [4.78, 5) is 8.00. The Bertz CT molecular complexity index is 370. The highest BCUT2D eigenvalue weighted by Gasteiger charge is 2.19. The summed E-state index contributed by atoms with van der Waals surface area (Å²) in [6.45, 7) is 2.38. The van der Waals surface area contributed by atoms with E-state index in [4.69, 9.17) is 14.3 Å². The molecule has 1 saturated carbocycles. The average molecular weight is 234 g/mol. The number of carbonyl (C=O) groups excluding carboxylic acids is 1. The van der Waals surface area contributed by atoms with Crippen molar-refractivity contribution in [1.82, 2.24) is 0 Å². The number of ether oxygens (including phenoxy) is 2. The van der Waals surface area contributed by atoms with Crippen molar-refractivity contribution in [3.05, 3.63) is 23.8 Å². The van der Waals surface area contributed by atoms with Gasteiger partial charge in [-0.25, -0.2) is 0 Å². The van der Waals surface area contributed by atoms with Gasteiger partial charge in [-0.1, -0.05) is 25.3 Å². The Morgan fingerprint density at radius 2 is 1.71 bits per heavy atom. The van der Waals surface area contributed by atoms with Crippen LogP contribution in [0.15, 0.2) is 18.2 Å². The first-order valence-electron chi connectivity index (χ1n) is 6.12. The summed E-state index contributed by atoms with van der Waals surface area (Å²) in [7, 11) is 0. The lowest BCUT2D eigenvalue weighted by molar-refractivity contribution is -0.0979. The Labute approximate surface area is 102 Å². The molecule has 0 unspecified atom stereocenters. The molecule has 1 heterocycles. The molecule has 0 saturated heterocycles. The third-order valence-corrected chi connectivity index (χ3v) is 3.47. The van der Waals surface area contributed by atoms with Crippen LogP contribution in [0.4, 0.5) is 0 Å². The SMILES string of the molecule is C=O.c1cc2c(cc1C1CCCCC1)OCO2. The fourth-order valence-corrected chi connectivity index (χ4v) is 2.60. The zero-order valence-corrected chi connectivity index (χ0v) is 9.98. The minimum atomic E-state index is 0.378. The number of rotatable bonds is 1. The summed E-state index contributed by atoms with van der Waals surface area (Å²) in [5, 5.41) is 0. The predicted molar refractivity (Wildman–Crippen MR) is 65.5 cm³/mol. The summed E-state index contributed by atoms with van der Waals surface area (Å²) >= 11 is 0. The molecule has 1 aromatic rings. The smallest absolute Gasteiger partial charge is 0.231 e. The normalized spacial score (nSPS) is 18.4. The second-order valence-corrected chi connectivity index (χ2v) is 4.45. The highest BCUT2D eigenvalue weighted by molar-refractivity contribution is 5.45. The lowest BCUT2D eigenvalue weighted by atomic mass is 9.84. The summed E-state index contributed by atoms with van der Waals surface area (Å²) in [6.07, 6.45) is 6.82. The van der Waals surface area contributed by atoms with Crippen LogP contribution in [-0.2, 0) is 4.79 Å². The van der Waals surface area contributed by atoms with E-state index in [1.54, 1.807) is 0 Å². The van der Waals surface area contributed by atoms with Crippen LogP contribution in [0, 0.1) is 0 Å². The molecule has 0 aromatic heterocycles. The molecule has 1 fully saturated rings. The second-order valence-electron chi connectivity index (χ2n) is 4.45. The van der Waals surface area contributed by atoms with Crippen molar-refractivity contribution in [2.75, 3.05) is 6.79 Å². The fourth-order valence-electron chi connectivity index (χ4n) is 2.60. The van der Waals surface area contributed by atoms with E-state index in [0.29, 0.717) is 6.79 Å². The monoisotopic (exact) mass is 234 g/mol. The van der Waals surface area contributed by atoms with E-state index in [-0.39, 0.29) is 0 Å². The quantitative estimate of drug-likeness (QED) is 0.748. The molecule has 3 rings (SSSR count). The van der Waals surface area contributed by atoms with Gasteiger partial charge in [0, 0.05) is 0 Å². The van der Waals surface area contributed by atoms with Crippen LogP contribution in [-0.4, -0.2) is 13.6 Å². The number of fused-ring (bicyclic) bond motifs is 1. The third-order valence-electron chi connectivity index (χ3n) is 3.47. The summed E-state index contributed by atoms with van der Waals surface area (Å²) in [5.74, 6) is 2.57. The van der Waals surface area contributed by atoms with Gasteiger partial charge in [0.15, 0.2) is 11.5 Å². The lowest BCUT2D eigenvalue weighted by Gasteiger charge is -2.21. The Balaban J connectivity index is 0.000000514. The Kier molecular flexibility index (Phi) is 4.02. The molecule has 0 bridgehead atoms. The first kappa shape index (κ1) is 12.0. The van der Waals surface area contributed by atoms with Crippen LogP contribution in [0.2, 0.25) is 0 Å².